The summed E-state index contributed by atoms with van der Waals surface area (Å²) in [6.45, 7) is 2.15. The van der Waals surface area contributed by atoms with Crippen LogP contribution in [-0.2, 0) is 9.63 Å². The quantitative estimate of drug-likeness (QED) is 0.685. The fourth-order valence-electron chi connectivity index (χ4n) is 1.60. The molecule has 7 heteroatoms. The standard InChI is InChI=1S/C14H19BrN2O3S/c1-3-20-17-14(19)12(8-9-21-2)16-13(18)10-6-4-5-7-11(10)15/h4-7,12H,3,8-9H2,1-2H3,(H,16,18)(H,17,19). The van der Waals surface area contributed by atoms with E-state index in [0.29, 0.717) is 23.1 Å². The predicted molar refractivity (Wildman–Crippen MR) is 88.2 cm³/mol. The van der Waals surface area contributed by atoms with Crippen molar-refractivity contribution in [1.82, 2.24) is 10.8 Å². The fourth-order valence-corrected chi connectivity index (χ4v) is 2.54. The van der Waals surface area contributed by atoms with Gasteiger partial charge in [0.15, 0.2) is 0 Å². The van der Waals surface area contributed by atoms with Gasteiger partial charge in [-0.1, -0.05) is 12.1 Å². The highest BCUT2D eigenvalue weighted by molar-refractivity contribution is 9.10. The van der Waals surface area contributed by atoms with Crippen LogP contribution in [0, 0.1) is 0 Å². The first-order chi connectivity index (χ1) is 10.1. The molecule has 5 nitrogen and oxygen atoms in total. The van der Waals surface area contributed by atoms with Crippen molar-refractivity contribution in [3.8, 4) is 0 Å². The molecule has 0 spiro atoms. The van der Waals surface area contributed by atoms with E-state index in [1.807, 2.05) is 12.3 Å². The predicted octanol–water partition coefficient (Wildman–Crippen LogP) is 2.37. The second-order valence-corrected chi connectivity index (χ2v) is 6.03. The first-order valence-corrected chi connectivity index (χ1v) is 8.74. The van der Waals surface area contributed by atoms with Crippen molar-refractivity contribution in [2.45, 2.75) is 19.4 Å². The lowest BCUT2D eigenvalue weighted by Crippen LogP contribution is -2.47. The van der Waals surface area contributed by atoms with E-state index in [-0.39, 0.29) is 11.8 Å². The Morgan fingerprint density at radius 1 is 1.38 bits per heavy atom. The molecule has 0 heterocycles. The number of hydrogen-bond donors (Lipinski definition) is 2. The minimum atomic E-state index is -0.622. The van der Waals surface area contributed by atoms with E-state index in [1.165, 1.54) is 0 Å². The van der Waals surface area contributed by atoms with Crippen molar-refractivity contribution in [2.75, 3.05) is 18.6 Å². The number of thioether (sulfide) groups is 1. The Kier molecular flexibility index (Phi) is 8.41. The molecule has 0 aliphatic carbocycles. The Morgan fingerprint density at radius 3 is 2.71 bits per heavy atom. The minimum absolute atomic E-state index is 0.291. The van der Waals surface area contributed by atoms with Crippen molar-refractivity contribution < 1.29 is 14.4 Å². The summed E-state index contributed by atoms with van der Waals surface area (Å²) >= 11 is 4.94. The van der Waals surface area contributed by atoms with E-state index in [4.69, 9.17) is 4.84 Å². The van der Waals surface area contributed by atoms with E-state index in [2.05, 4.69) is 26.7 Å². The molecule has 1 aromatic rings. The summed E-state index contributed by atoms with van der Waals surface area (Å²) in [5.74, 6) is 0.131. The third-order valence-corrected chi connectivity index (χ3v) is 4.00. The highest BCUT2D eigenvalue weighted by Crippen LogP contribution is 2.16. The number of hydroxylamine groups is 1. The number of amides is 2. The van der Waals surface area contributed by atoms with Crippen LogP contribution in [0.25, 0.3) is 0 Å². The van der Waals surface area contributed by atoms with Crippen LogP contribution in [0.4, 0.5) is 0 Å². The second kappa shape index (κ2) is 9.81. The molecule has 0 aliphatic heterocycles. The number of benzene rings is 1. The van der Waals surface area contributed by atoms with Gasteiger partial charge in [-0.05, 0) is 53.4 Å². The molecule has 0 fully saturated rings. The molecule has 21 heavy (non-hydrogen) atoms. The molecule has 2 N–H and O–H groups in total. The van der Waals surface area contributed by atoms with Crippen molar-refractivity contribution in [3.05, 3.63) is 34.3 Å². The van der Waals surface area contributed by atoms with Crippen LogP contribution in [0.15, 0.2) is 28.7 Å². The normalized spacial score (nSPS) is 11.8. The number of carbonyl (C=O) groups excluding carboxylic acids is 2. The maximum Gasteiger partial charge on any atom is 0.266 e. The molecule has 1 rings (SSSR count). The average molecular weight is 375 g/mol. The van der Waals surface area contributed by atoms with E-state index in [9.17, 15) is 9.59 Å². The first-order valence-electron chi connectivity index (χ1n) is 6.56. The molecule has 0 bridgehead atoms. The lowest BCUT2D eigenvalue weighted by atomic mass is 10.1. The van der Waals surface area contributed by atoms with Crippen LogP contribution < -0.4 is 10.8 Å². The minimum Gasteiger partial charge on any atom is -0.340 e. The van der Waals surface area contributed by atoms with Crippen LogP contribution >= 0.6 is 27.7 Å². The lowest BCUT2D eigenvalue weighted by molar-refractivity contribution is -0.135. The zero-order valence-electron chi connectivity index (χ0n) is 12.0. The molecule has 0 aromatic heterocycles. The molecule has 0 radical (unpaired) electrons. The van der Waals surface area contributed by atoms with Gasteiger partial charge in [-0.2, -0.15) is 11.8 Å². The SMILES string of the molecule is CCONC(=O)C(CCSC)NC(=O)c1ccccc1Br. The molecule has 1 aromatic carbocycles. The first kappa shape index (κ1) is 18.0. The summed E-state index contributed by atoms with van der Waals surface area (Å²) in [4.78, 5) is 29.1. The van der Waals surface area contributed by atoms with Gasteiger partial charge in [0.25, 0.3) is 11.8 Å². The van der Waals surface area contributed by atoms with E-state index >= 15 is 0 Å². The van der Waals surface area contributed by atoms with Gasteiger partial charge in [0.1, 0.15) is 6.04 Å². The Balaban J connectivity index is 2.73. The molecule has 1 atom stereocenters. The van der Waals surface area contributed by atoms with E-state index in [1.54, 1.807) is 36.9 Å². The highest BCUT2D eigenvalue weighted by Gasteiger charge is 2.22. The number of hydrogen-bond acceptors (Lipinski definition) is 4. The fraction of sp³-hybridized carbons (Fsp3) is 0.429. The smallest absolute Gasteiger partial charge is 0.266 e. The van der Waals surface area contributed by atoms with Crippen molar-refractivity contribution in [1.29, 1.82) is 0 Å². The molecule has 1 unspecified atom stereocenters. The van der Waals surface area contributed by atoms with Crippen LogP contribution in [-0.4, -0.2) is 36.5 Å². The summed E-state index contributed by atoms with van der Waals surface area (Å²) in [7, 11) is 0. The summed E-state index contributed by atoms with van der Waals surface area (Å²) < 4.78 is 0.691. The topological polar surface area (TPSA) is 67.4 Å². The lowest BCUT2D eigenvalue weighted by Gasteiger charge is -2.18. The Hall–Kier alpha value is -1.05. The third kappa shape index (κ3) is 6.07. The molecule has 2 amide bonds. The van der Waals surface area contributed by atoms with E-state index < -0.39 is 6.04 Å². The number of rotatable bonds is 8. The summed E-state index contributed by atoms with van der Waals surface area (Å²) in [5.41, 5.74) is 2.83. The molecule has 0 saturated carbocycles. The Morgan fingerprint density at radius 2 is 2.10 bits per heavy atom. The van der Waals surface area contributed by atoms with E-state index in [0.717, 1.165) is 5.75 Å². The van der Waals surface area contributed by atoms with Gasteiger partial charge >= 0.3 is 0 Å². The van der Waals surface area contributed by atoms with Gasteiger partial charge in [-0.3, -0.25) is 14.4 Å². The van der Waals surface area contributed by atoms with Crippen LogP contribution in [0.1, 0.15) is 23.7 Å². The molecule has 0 saturated heterocycles. The van der Waals surface area contributed by atoms with Gasteiger partial charge in [0.2, 0.25) is 0 Å². The van der Waals surface area contributed by atoms with Gasteiger partial charge in [0.05, 0.1) is 12.2 Å². The molecular formula is C14H19BrN2O3S. The number of halogens is 1. The van der Waals surface area contributed by atoms with Crippen molar-refractivity contribution in [3.63, 3.8) is 0 Å². The van der Waals surface area contributed by atoms with Gasteiger partial charge in [-0.15, -0.1) is 0 Å². The molecular weight excluding hydrogens is 356 g/mol. The maximum absolute atomic E-state index is 12.2. The van der Waals surface area contributed by atoms with Gasteiger partial charge in [0, 0.05) is 4.47 Å². The third-order valence-electron chi connectivity index (χ3n) is 2.67. The van der Waals surface area contributed by atoms with Crippen molar-refractivity contribution in [2.24, 2.45) is 0 Å². The zero-order chi connectivity index (χ0) is 15.7. The summed E-state index contributed by atoms with van der Waals surface area (Å²) in [6, 6.07) is 6.46. The van der Waals surface area contributed by atoms with Gasteiger partial charge in [-0.25, -0.2) is 5.48 Å². The summed E-state index contributed by atoms with van der Waals surface area (Å²) in [6.07, 6.45) is 2.49. The van der Waals surface area contributed by atoms with Crippen LogP contribution in [0.3, 0.4) is 0 Å². The largest absolute Gasteiger partial charge is 0.340 e. The average Bonchev–Trinajstić information content (AvgIpc) is 2.49. The zero-order valence-corrected chi connectivity index (χ0v) is 14.4. The Bertz CT molecular complexity index is 485. The second-order valence-electron chi connectivity index (χ2n) is 4.19. The van der Waals surface area contributed by atoms with Crippen LogP contribution in [0.2, 0.25) is 0 Å². The summed E-state index contributed by atoms with van der Waals surface area (Å²) in [5, 5.41) is 2.74. The molecule has 116 valence electrons. The van der Waals surface area contributed by atoms with Gasteiger partial charge < -0.3 is 5.32 Å². The van der Waals surface area contributed by atoms with Crippen LogP contribution in [0.5, 0.6) is 0 Å². The number of nitrogens with one attached hydrogen (secondary N) is 2. The Labute approximate surface area is 137 Å². The van der Waals surface area contributed by atoms with Crippen molar-refractivity contribution >= 4 is 39.5 Å². The highest BCUT2D eigenvalue weighted by atomic mass is 79.9. The monoisotopic (exact) mass is 374 g/mol. The number of carbonyl (C=O) groups is 2. The maximum atomic E-state index is 12.2. The molecule has 0 aliphatic rings.